The fraction of sp³-hybridized carbons (Fsp3) is 0.286. The molecule has 2 fully saturated rings. The van der Waals surface area contributed by atoms with Crippen molar-refractivity contribution >= 4 is 35.4 Å². The zero-order chi connectivity index (χ0) is 23.2. The summed E-state index contributed by atoms with van der Waals surface area (Å²) in [5.74, 6) is -0.121. The first-order valence-corrected chi connectivity index (χ1v) is 10.2. The lowest BCUT2D eigenvalue weighted by Crippen LogP contribution is -2.19. The molecule has 0 atom stereocenters. The van der Waals surface area contributed by atoms with E-state index >= 15 is 0 Å². The van der Waals surface area contributed by atoms with Crippen LogP contribution in [-0.4, -0.2) is 37.4 Å². The quantitative estimate of drug-likeness (QED) is 0.385. The van der Waals surface area contributed by atoms with E-state index in [2.05, 4.69) is 31.0 Å². The number of halogens is 3. The highest BCUT2D eigenvalue weighted by Gasteiger charge is 2.30. The van der Waals surface area contributed by atoms with Crippen molar-refractivity contribution in [2.24, 2.45) is 0 Å². The molecule has 0 bridgehead atoms. The SMILES string of the molecule is O=C1C/C(=C\c2cnn3c(NC4CC4)nc(NCc4ccc(C(F)(F)F)cc4)nc23)C(=O)N1. The highest BCUT2D eigenvalue weighted by Crippen LogP contribution is 2.29. The van der Waals surface area contributed by atoms with Gasteiger partial charge < -0.3 is 10.6 Å². The minimum Gasteiger partial charge on any atom is -0.351 e. The molecule has 3 N–H and O–H groups in total. The Morgan fingerprint density at radius 2 is 1.91 bits per heavy atom. The first-order valence-electron chi connectivity index (χ1n) is 10.2. The van der Waals surface area contributed by atoms with Gasteiger partial charge in [0.2, 0.25) is 17.8 Å². The predicted octanol–water partition coefficient (Wildman–Crippen LogP) is 2.76. The van der Waals surface area contributed by atoms with E-state index in [-0.39, 0.29) is 30.9 Å². The van der Waals surface area contributed by atoms with Crippen molar-refractivity contribution in [2.45, 2.75) is 38.0 Å². The summed E-state index contributed by atoms with van der Waals surface area (Å²) in [6.45, 7) is 0.207. The summed E-state index contributed by atoms with van der Waals surface area (Å²) in [6.07, 6.45) is 0.687. The molecule has 0 radical (unpaired) electrons. The van der Waals surface area contributed by atoms with Gasteiger partial charge in [-0.25, -0.2) is 0 Å². The number of fused-ring (bicyclic) bond motifs is 1. The zero-order valence-corrected chi connectivity index (χ0v) is 17.1. The van der Waals surface area contributed by atoms with Gasteiger partial charge in [0.05, 0.1) is 18.2 Å². The van der Waals surface area contributed by atoms with Gasteiger partial charge in [0, 0.05) is 23.7 Å². The number of rotatable bonds is 6. The Hall–Kier alpha value is -3.96. The number of aromatic nitrogens is 4. The molecule has 5 rings (SSSR count). The van der Waals surface area contributed by atoms with Crippen molar-refractivity contribution in [1.82, 2.24) is 24.9 Å². The van der Waals surface area contributed by atoms with Crippen LogP contribution in [0.2, 0.25) is 0 Å². The summed E-state index contributed by atoms with van der Waals surface area (Å²) in [5.41, 5.74) is 1.17. The van der Waals surface area contributed by atoms with Crippen molar-refractivity contribution in [3.05, 3.63) is 52.7 Å². The number of alkyl halides is 3. The van der Waals surface area contributed by atoms with Crippen molar-refractivity contribution in [3.8, 4) is 0 Å². The number of anilines is 2. The van der Waals surface area contributed by atoms with Gasteiger partial charge in [-0.05, 0) is 36.6 Å². The smallest absolute Gasteiger partial charge is 0.351 e. The summed E-state index contributed by atoms with van der Waals surface area (Å²) < 4.78 is 39.8. The molecule has 9 nitrogen and oxygen atoms in total. The molecule has 1 saturated carbocycles. The second-order valence-electron chi connectivity index (χ2n) is 7.90. The van der Waals surface area contributed by atoms with E-state index in [1.54, 1.807) is 6.08 Å². The topological polar surface area (TPSA) is 113 Å². The number of benzene rings is 1. The fourth-order valence-electron chi connectivity index (χ4n) is 3.38. The highest BCUT2D eigenvalue weighted by atomic mass is 19.4. The van der Waals surface area contributed by atoms with Gasteiger partial charge in [-0.1, -0.05) is 12.1 Å². The molecule has 1 aliphatic heterocycles. The zero-order valence-electron chi connectivity index (χ0n) is 17.1. The third-order valence-electron chi connectivity index (χ3n) is 5.26. The van der Waals surface area contributed by atoms with Gasteiger partial charge in [0.25, 0.3) is 5.91 Å². The molecular formula is C21H18F3N7O2. The lowest BCUT2D eigenvalue weighted by atomic mass is 10.1. The number of hydrogen-bond donors (Lipinski definition) is 3. The molecular weight excluding hydrogens is 439 g/mol. The first-order chi connectivity index (χ1) is 15.8. The largest absolute Gasteiger partial charge is 0.416 e. The molecule has 12 heteroatoms. The molecule has 2 aliphatic rings. The monoisotopic (exact) mass is 457 g/mol. The molecule has 1 aromatic carbocycles. The van der Waals surface area contributed by atoms with Crippen LogP contribution in [0.3, 0.4) is 0 Å². The fourth-order valence-corrected chi connectivity index (χ4v) is 3.38. The van der Waals surface area contributed by atoms with Crippen LogP contribution < -0.4 is 16.0 Å². The minimum atomic E-state index is -4.39. The molecule has 0 spiro atoms. The molecule has 3 heterocycles. The van der Waals surface area contributed by atoms with E-state index in [9.17, 15) is 22.8 Å². The number of carbonyl (C=O) groups excluding carboxylic acids is 2. The Balaban J connectivity index is 1.43. The molecule has 1 saturated heterocycles. The van der Waals surface area contributed by atoms with E-state index in [0.29, 0.717) is 28.3 Å². The summed E-state index contributed by atoms with van der Waals surface area (Å²) in [4.78, 5) is 32.3. The van der Waals surface area contributed by atoms with Crippen molar-refractivity contribution in [2.75, 3.05) is 10.6 Å². The summed E-state index contributed by atoms with van der Waals surface area (Å²) in [6, 6.07) is 5.10. The predicted molar refractivity (Wildman–Crippen MR) is 112 cm³/mol. The van der Waals surface area contributed by atoms with Crippen molar-refractivity contribution in [1.29, 1.82) is 0 Å². The van der Waals surface area contributed by atoms with E-state index in [0.717, 1.165) is 25.0 Å². The third kappa shape index (κ3) is 4.49. The number of amides is 2. The Morgan fingerprint density at radius 1 is 1.15 bits per heavy atom. The van der Waals surface area contributed by atoms with E-state index in [4.69, 9.17) is 0 Å². The van der Waals surface area contributed by atoms with Crippen LogP contribution in [0.15, 0.2) is 36.0 Å². The normalized spacial score (nSPS) is 17.6. The summed E-state index contributed by atoms with van der Waals surface area (Å²) >= 11 is 0. The van der Waals surface area contributed by atoms with Crippen LogP contribution in [0.1, 0.15) is 36.0 Å². The molecule has 33 heavy (non-hydrogen) atoms. The average Bonchev–Trinajstić information content (AvgIpc) is 3.40. The van der Waals surface area contributed by atoms with Crippen LogP contribution in [0, 0.1) is 0 Å². The van der Waals surface area contributed by atoms with Gasteiger partial charge in [-0.15, -0.1) is 0 Å². The van der Waals surface area contributed by atoms with Gasteiger partial charge in [0.1, 0.15) is 0 Å². The van der Waals surface area contributed by atoms with Crippen LogP contribution >= 0.6 is 0 Å². The lowest BCUT2D eigenvalue weighted by Gasteiger charge is -2.11. The Bertz CT molecular complexity index is 1280. The molecule has 1 aliphatic carbocycles. The van der Waals surface area contributed by atoms with Crippen LogP contribution in [0.5, 0.6) is 0 Å². The Labute approximate surface area is 185 Å². The maximum atomic E-state index is 12.8. The number of nitrogens with one attached hydrogen (secondary N) is 3. The minimum absolute atomic E-state index is 0.0204. The maximum absolute atomic E-state index is 12.8. The molecule has 0 unspecified atom stereocenters. The maximum Gasteiger partial charge on any atom is 0.416 e. The van der Waals surface area contributed by atoms with Crippen LogP contribution in [0.25, 0.3) is 11.7 Å². The second kappa shape index (κ2) is 7.87. The average molecular weight is 457 g/mol. The van der Waals surface area contributed by atoms with Gasteiger partial charge in [-0.2, -0.15) is 32.8 Å². The molecule has 2 aromatic heterocycles. The number of hydrogen-bond acceptors (Lipinski definition) is 7. The van der Waals surface area contributed by atoms with Gasteiger partial charge in [0.15, 0.2) is 5.65 Å². The van der Waals surface area contributed by atoms with E-state index < -0.39 is 17.6 Å². The number of carbonyl (C=O) groups is 2. The van der Waals surface area contributed by atoms with E-state index in [1.807, 2.05) is 0 Å². The molecule has 170 valence electrons. The van der Waals surface area contributed by atoms with Crippen molar-refractivity contribution in [3.63, 3.8) is 0 Å². The second-order valence-corrected chi connectivity index (χ2v) is 7.90. The van der Waals surface area contributed by atoms with E-state index in [1.165, 1.54) is 22.8 Å². The summed E-state index contributed by atoms with van der Waals surface area (Å²) in [7, 11) is 0. The van der Waals surface area contributed by atoms with Gasteiger partial charge >= 0.3 is 6.18 Å². The Kier molecular flexibility index (Phi) is 4.99. The standard InChI is InChI=1S/C21H18F3N7O2/c22-21(23,24)14-3-1-11(2-4-14)9-25-19-29-17-13(7-12-8-16(32)28-18(12)33)10-26-31(17)20(30-19)27-15-5-6-15/h1-4,7,10,15H,5-6,8-9H2,(H,28,32,33)(H2,25,27,29,30)/b12-7+. The molecule has 3 aromatic rings. The van der Waals surface area contributed by atoms with Crippen LogP contribution in [0.4, 0.5) is 25.1 Å². The number of nitrogens with zero attached hydrogens (tertiary/aromatic N) is 4. The lowest BCUT2D eigenvalue weighted by molar-refractivity contribution is -0.137. The third-order valence-corrected chi connectivity index (χ3v) is 5.26. The number of imide groups is 1. The summed E-state index contributed by atoms with van der Waals surface area (Å²) in [5, 5.41) is 12.9. The highest BCUT2D eigenvalue weighted by molar-refractivity contribution is 6.15. The first kappa shape index (κ1) is 20.9. The molecule has 2 amide bonds. The van der Waals surface area contributed by atoms with Crippen LogP contribution in [-0.2, 0) is 22.3 Å². The Morgan fingerprint density at radius 3 is 2.55 bits per heavy atom. The van der Waals surface area contributed by atoms with Crippen molar-refractivity contribution < 1.29 is 22.8 Å². The van der Waals surface area contributed by atoms with Gasteiger partial charge in [-0.3, -0.25) is 14.9 Å².